The Balaban J connectivity index is 2.73. The van der Waals surface area contributed by atoms with Crippen LogP contribution in [0.5, 0.6) is 0 Å². The van der Waals surface area contributed by atoms with E-state index in [9.17, 15) is 9.90 Å². The third-order valence-corrected chi connectivity index (χ3v) is 4.69. The van der Waals surface area contributed by atoms with Gasteiger partial charge in [0, 0.05) is 6.61 Å². The van der Waals surface area contributed by atoms with E-state index in [0.717, 1.165) is 17.1 Å². The molecule has 0 aliphatic heterocycles. The van der Waals surface area contributed by atoms with Crippen molar-refractivity contribution in [3.8, 4) is 0 Å². The summed E-state index contributed by atoms with van der Waals surface area (Å²) in [6.07, 6.45) is 0.506. The second-order valence-corrected chi connectivity index (χ2v) is 6.09. The standard InChI is InChI=1S/C15H23NO3S/c1-12(10-17)11-20-9-8-15(16-2,14(18)19)13-6-4-3-5-7-13/h3-7,12,16-17H,8-11H2,1-2H3,(H,18,19). The van der Waals surface area contributed by atoms with Crippen LogP contribution < -0.4 is 5.32 Å². The maximum absolute atomic E-state index is 11.7. The third-order valence-electron chi connectivity index (χ3n) is 3.39. The van der Waals surface area contributed by atoms with Crippen molar-refractivity contribution in [3.63, 3.8) is 0 Å². The molecule has 1 aromatic carbocycles. The highest BCUT2D eigenvalue weighted by atomic mass is 32.2. The SMILES string of the molecule is CNC(CCSCC(C)CO)(C(=O)O)c1ccccc1. The zero-order valence-corrected chi connectivity index (χ0v) is 12.8. The number of thioether (sulfide) groups is 1. The number of likely N-dealkylation sites (N-methyl/N-ethyl adjacent to an activating group) is 1. The van der Waals surface area contributed by atoms with Gasteiger partial charge in [0.2, 0.25) is 0 Å². The van der Waals surface area contributed by atoms with E-state index in [1.54, 1.807) is 18.8 Å². The van der Waals surface area contributed by atoms with Crippen molar-refractivity contribution in [2.45, 2.75) is 18.9 Å². The maximum Gasteiger partial charge on any atom is 0.328 e. The number of aliphatic hydroxyl groups excluding tert-OH is 1. The first-order chi connectivity index (χ1) is 9.56. The first-order valence-electron chi connectivity index (χ1n) is 6.73. The van der Waals surface area contributed by atoms with Crippen molar-refractivity contribution in [1.82, 2.24) is 5.32 Å². The van der Waals surface area contributed by atoms with Crippen LogP contribution in [0.25, 0.3) is 0 Å². The second kappa shape index (κ2) is 8.29. The molecular weight excluding hydrogens is 274 g/mol. The lowest BCUT2D eigenvalue weighted by molar-refractivity contribution is -0.145. The van der Waals surface area contributed by atoms with Crippen molar-refractivity contribution < 1.29 is 15.0 Å². The van der Waals surface area contributed by atoms with E-state index in [0.29, 0.717) is 6.42 Å². The van der Waals surface area contributed by atoms with Crippen molar-refractivity contribution in [2.75, 3.05) is 25.2 Å². The van der Waals surface area contributed by atoms with Gasteiger partial charge in [0.1, 0.15) is 5.54 Å². The molecule has 0 spiro atoms. The van der Waals surface area contributed by atoms with E-state index in [1.165, 1.54) is 0 Å². The number of rotatable bonds is 9. The first-order valence-corrected chi connectivity index (χ1v) is 7.88. The van der Waals surface area contributed by atoms with Gasteiger partial charge in [-0.05, 0) is 36.5 Å². The number of aliphatic carboxylic acids is 1. The van der Waals surface area contributed by atoms with Gasteiger partial charge in [-0.2, -0.15) is 11.8 Å². The molecule has 0 saturated carbocycles. The molecule has 0 aromatic heterocycles. The molecule has 0 aliphatic carbocycles. The summed E-state index contributed by atoms with van der Waals surface area (Å²) in [6.45, 7) is 2.15. The van der Waals surface area contributed by atoms with Gasteiger partial charge in [0.25, 0.3) is 0 Å². The molecule has 4 nitrogen and oxygen atoms in total. The molecule has 0 saturated heterocycles. The molecule has 112 valence electrons. The first kappa shape index (κ1) is 17.0. The van der Waals surface area contributed by atoms with E-state index in [1.807, 2.05) is 37.3 Å². The summed E-state index contributed by atoms with van der Waals surface area (Å²) >= 11 is 1.68. The second-order valence-electron chi connectivity index (χ2n) is 4.94. The summed E-state index contributed by atoms with van der Waals surface area (Å²) in [6, 6.07) is 9.26. The summed E-state index contributed by atoms with van der Waals surface area (Å²) < 4.78 is 0. The Morgan fingerprint density at radius 1 is 1.40 bits per heavy atom. The molecule has 3 N–H and O–H groups in total. The van der Waals surface area contributed by atoms with Crippen molar-refractivity contribution >= 4 is 17.7 Å². The van der Waals surface area contributed by atoms with Crippen molar-refractivity contribution in [1.29, 1.82) is 0 Å². The Hall–Kier alpha value is -1.04. The fourth-order valence-corrected chi connectivity index (χ4v) is 3.16. The van der Waals surface area contributed by atoms with Crippen LogP contribution in [-0.4, -0.2) is 41.3 Å². The molecule has 0 radical (unpaired) electrons. The van der Waals surface area contributed by atoms with E-state index in [-0.39, 0.29) is 12.5 Å². The van der Waals surface area contributed by atoms with Crippen LogP contribution in [0.4, 0.5) is 0 Å². The molecule has 2 unspecified atom stereocenters. The molecule has 5 heteroatoms. The average Bonchev–Trinajstić information content (AvgIpc) is 2.48. The highest BCUT2D eigenvalue weighted by molar-refractivity contribution is 7.99. The van der Waals surface area contributed by atoms with E-state index in [2.05, 4.69) is 5.32 Å². The molecular formula is C15H23NO3S. The molecule has 1 rings (SSSR count). The minimum atomic E-state index is -1.04. The summed E-state index contributed by atoms with van der Waals surface area (Å²) in [4.78, 5) is 11.7. The van der Waals surface area contributed by atoms with Crippen LogP contribution in [-0.2, 0) is 10.3 Å². The summed E-state index contributed by atoms with van der Waals surface area (Å²) in [5.41, 5.74) is -0.276. The Morgan fingerprint density at radius 3 is 2.55 bits per heavy atom. The van der Waals surface area contributed by atoms with Gasteiger partial charge in [-0.1, -0.05) is 37.3 Å². The molecule has 2 atom stereocenters. The number of hydrogen-bond donors (Lipinski definition) is 3. The molecule has 0 amide bonds. The number of hydrogen-bond acceptors (Lipinski definition) is 4. The van der Waals surface area contributed by atoms with Crippen LogP contribution in [0.15, 0.2) is 30.3 Å². The van der Waals surface area contributed by atoms with Crippen LogP contribution >= 0.6 is 11.8 Å². The predicted octanol–water partition coefficient (Wildman–Crippen LogP) is 1.94. The van der Waals surface area contributed by atoms with Gasteiger partial charge < -0.3 is 15.5 Å². The summed E-state index contributed by atoms with van der Waals surface area (Å²) in [7, 11) is 1.68. The Morgan fingerprint density at radius 2 is 2.05 bits per heavy atom. The highest BCUT2D eigenvalue weighted by Gasteiger charge is 2.38. The normalized spacial score (nSPS) is 15.6. The van der Waals surface area contributed by atoms with E-state index >= 15 is 0 Å². The smallest absolute Gasteiger partial charge is 0.328 e. The van der Waals surface area contributed by atoms with Crippen molar-refractivity contribution in [3.05, 3.63) is 35.9 Å². The average molecular weight is 297 g/mol. The van der Waals surface area contributed by atoms with Gasteiger partial charge in [-0.3, -0.25) is 0 Å². The molecule has 20 heavy (non-hydrogen) atoms. The minimum absolute atomic E-state index is 0.168. The number of benzene rings is 1. The number of carboxylic acid groups (broad SMARTS) is 1. The minimum Gasteiger partial charge on any atom is -0.480 e. The monoisotopic (exact) mass is 297 g/mol. The fourth-order valence-electron chi connectivity index (χ4n) is 2.04. The van der Waals surface area contributed by atoms with Crippen LogP contribution in [0.1, 0.15) is 18.9 Å². The van der Waals surface area contributed by atoms with Crippen LogP contribution in [0.2, 0.25) is 0 Å². The number of carbonyl (C=O) groups is 1. The van der Waals surface area contributed by atoms with Gasteiger partial charge in [0.15, 0.2) is 0 Å². The zero-order valence-electron chi connectivity index (χ0n) is 12.0. The van der Waals surface area contributed by atoms with Gasteiger partial charge in [-0.25, -0.2) is 4.79 Å². The molecule has 1 aromatic rings. The van der Waals surface area contributed by atoms with Crippen LogP contribution in [0.3, 0.4) is 0 Å². The third kappa shape index (κ3) is 4.23. The molecule has 0 fully saturated rings. The Labute approximate surface area is 124 Å². The highest BCUT2D eigenvalue weighted by Crippen LogP contribution is 2.27. The molecule has 0 bridgehead atoms. The van der Waals surface area contributed by atoms with Crippen LogP contribution in [0, 0.1) is 5.92 Å². The maximum atomic E-state index is 11.7. The van der Waals surface area contributed by atoms with Gasteiger partial charge in [-0.15, -0.1) is 0 Å². The van der Waals surface area contributed by atoms with Gasteiger partial charge in [0.05, 0.1) is 0 Å². The van der Waals surface area contributed by atoms with E-state index < -0.39 is 11.5 Å². The number of carboxylic acids is 1. The quantitative estimate of drug-likeness (QED) is 0.608. The zero-order chi connectivity index (χ0) is 15.0. The molecule has 0 heterocycles. The largest absolute Gasteiger partial charge is 0.480 e. The lowest BCUT2D eigenvalue weighted by Gasteiger charge is -2.29. The topological polar surface area (TPSA) is 69.6 Å². The number of aliphatic hydroxyl groups is 1. The Bertz CT molecular complexity index is 413. The van der Waals surface area contributed by atoms with Gasteiger partial charge >= 0.3 is 5.97 Å². The lowest BCUT2D eigenvalue weighted by Crippen LogP contribution is -2.47. The number of nitrogens with one attached hydrogen (secondary N) is 1. The predicted molar refractivity (Wildman–Crippen MR) is 83.0 cm³/mol. The lowest BCUT2D eigenvalue weighted by atomic mass is 9.87. The fraction of sp³-hybridized carbons (Fsp3) is 0.533. The Kier molecular flexibility index (Phi) is 7.05. The summed E-state index contributed by atoms with van der Waals surface area (Å²) in [5, 5.41) is 21.6. The summed E-state index contributed by atoms with van der Waals surface area (Å²) in [5.74, 6) is 0.949. The molecule has 0 aliphatic rings. The van der Waals surface area contributed by atoms with Crippen molar-refractivity contribution in [2.24, 2.45) is 5.92 Å². The van der Waals surface area contributed by atoms with E-state index in [4.69, 9.17) is 5.11 Å².